The Labute approximate surface area is 177 Å². The van der Waals surface area contributed by atoms with Crippen molar-refractivity contribution < 1.29 is 19.2 Å². The Hall–Kier alpha value is -3.65. The largest absolute Gasteiger partial charge is 0.457 e. The van der Waals surface area contributed by atoms with Gasteiger partial charge in [0.2, 0.25) is 5.91 Å². The summed E-state index contributed by atoms with van der Waals surface area (Å²) in [6.07, 6.45) is 0. The number of carbonyl (C=O) groups excluding carboxylic acids is 2. The summed E-state index contributed by atoms with van der Waals surface area (Å²) in [5.41, 5.74) is 1.90. The molecule has 3 aromatic rings. The highest BCUT2D eigenvalue weighted by Gasteiger charge is 2.09. The Kier molecular flexibility index (Phi) is 6.82. The first kappa shape index (κ1) is 21.1. The number of rotatable bonds is 7. The van der Waals surface area contributed by atoms with Gasteiger partial charge in [-0.2, -0.15) is 0 Å². The minimum absolute atomic E-state index is 0.0567. The fraction of sp³-hybridized carbons (Fsp3) is 0.0909. The van der Waals surface area contributed by atoms with Crippen molar-refractivity contribution in [1.82, 2.24) is 0 Å². The van der Waals surface area contributed by atoms with Gasteiger partial charge in [0, 0.05) is 34.5 Å². The van der Waals surface area contributed by atoms with Crippen LogP contribution in [0.2, 0.25) is 0 Å². The Morgan fingerprint density at radius 3 is 2.03 bits per heavy atom. The van der Waals surface area contributed by atoms with Gasteiger partial charge >= 0.3 is 5.97 Å². The third-order valence-corrected chi connectivity index (χ3v) is 5.03. The molecule has 0 saturated carbocycles. The molecule has 7 nitrogen and oxygen atoms in total. The summed E-state index contributed by atoms with van der Waals surface area (Å²) in [5, 5.41) is 13.3. The molecule has 0 spiro atoms. The number of nitro groups is 1. The highest BCUT2D eigenvalue weighted by Crippen LogP contribution is 2.29. The van der Waals surface area contributed by atoms with E-state index in [1.165, 1.54) is 30.8 Å². The fourth-order valence-corrected chi connectivity index (χ4v) is 3.37. The van der Waals surface area contributed by atoms with Gasteiger partial charge in [-0.25, -0.2) is 4.79 Å². The third kappa shape index (κ3) is 5.92. The molecule has 0 unspecified atom stereocenters. The third-order valence-electron chi connectivity index (χ3n) is 4.02. The maximum Gasteiger partial charge on any atom is 0.338 e. The molecule has 0 saturated heterocycles. The lowest BCUT2D eigenvalue weighted by atomic mass is 10.2. The van der Waals surface area contributed by atoms with Crippen molar-refractivity contribution in [2.75, 3.05) is 5.32 Å². The summed E-state index contributed by atoms with van der Waals surface area (Å²) < 4.78 is 5.33. The maximum atomic E-state index is 12.2. The second kappa shape index (κ2) is 9.71. The van der Waals surface area contributed by atoms with E-state index in [1.807, 2.05) is 24.3 Å². The average molecular weight is 422 g/mol. The maximum absolute atomic E-state index is 12.2. The zero-order valence-electron chi connectivity index (χ0n) is 16.0. The first-order valence-electron chi connectivity index (χ1n) is 8.97. The van der Waals surface area contributed by atoms with Gasteiger partial charge in [0.25, 0.3) is 5.69 Å². The molecule has 30 heavy (non-hydrogen) atoms. The molecule has 0 aliphatic heterocycles. The van der Waals surface area contributed by atoms with Crippen molar-refractivity contribution in [3.8, 4) is 0 Å². The molecule has 1 amide bonds. The van der Waals surface area contributed by atoms with Gasteiger partial charge in [-0.3, -0.25) is 14.9 Å². The highest BCUT2D eigenvalue weighted by atomic mass is 32.2. The van der Waals surface area contributed by atoms with Crippen LogP contribution in [0.3, 0.4) is 0 Å². The minimum Gasteiger partial charge on any atom is -0.457 e. The molecule has 3 rings (SSSR count). The van der Waals surface area contributed by atoms with E-state index in [4.69, 9.17) is 4.74 Å². The number of carbonyl (C=O) groups is 2. The van der Waals surface area contributed by atoms with Crippen LogP contribution in [-0.2, 0) is 16.1 Å². The number of non-ortho nitro benzene ring substituents is 1. The minimum atomic E-state index is -0.450. The number of benzene rings is 3. The number of hydrogen-bond donors (Lipinski definition) is 1. The summed E-state index contributed by atoms with van der Waals surface area (Å²) >= 11 is 1.48. The molecule has 0 atom stereocenters. The molecular weight excluding hydrogens is 404 g/mol. The second-order valence-corrected chi connectivity index (χ2v) is 7.48. The molecule has 0 radical (unpaired) electrons. The standard InChI is InChI=1S/C22H18N2O5S/c1-15(25)23-18-6-4-17(5-7-18)22(26)29-14-16-2-10-20(11-3-16)30-21-12-8-19(9-13-21)24(27)28/h2-13H,14H2,1H3,(H,23,25). The summed E-state index contributed by atoms with van der Waals surface area (Å²) in [7, 11) is 0. The van der Waals surface area contributed by atoms with Crippen LogP contribution in [0.1, 0.15) is 22.8 Å². The molecule has 0 aromatic heterocycles. The summed E-state index contributed by atoms with van der Waals surface area (Å²) in [6, 6.07) is 20.3. The molecule has 0 bridgehead atoms. The Morgan fingerprint density at radius 1 is 0.933 bits per heavy atom. The SMILES string of the molecule is CC(=O)Nc1ccc(C(=O)OCc2ccc(Sc3ccc([N+](=O)[O-])cc3)cc2)cc1. The van der Waals surface area contributed by atoms with Crippen molar-refractivity contribution in [3.63, 3.8) is 0 Å². The molecule has 0 aliphatic carbocycles. The average Bonchev–Trinajstić information content (AvgIpc) is 2.73. The molecule has 8 heteroatoms. The van der Waals surface area contributed by atoms with Gasteiger partial charge in [0.15, 0.2) is 0 Å². The van der Waals surface area contributed by atoms with E-state index in [1.54, 1.807) is 36.4 Å². The normalized spacial score (nSPS) is 10.3. The molecular formula is C22H18N2O5S. The molecule has 1 N–H and O–H groups in total. The van der Waals surface area contributed by atoms with Crippen molar-refractivity contribution in [1.29, 1.82) is 0 Å². The predicted molar refractivity (Wildman–Crippen MR) is 114 cm³/mol. The van der Waals surface area contributed by atoms with Gasteiger partial charge in [0.1, 0.15) is 6.61 Å². The van der Waals surface area contributed by atoms with Crippen LogP contribution in [0.4, 0.5) is 11.4 Å². The summed E-state index contributed by atoms with van der Waals surface area (Å²) in [4.78, 5) is 35.3. The number of nitro benzene ring substituents is 1. The van der Waals surface area contributed by atoms with E-state index in [2.05, 4.69) is 5.32 Å². The van der Waals surface area contributed by atoms with Gasteiger partial charge < -0.3 is 10.1 Å². The quantitative estimate of drug-likeness (QED) is 0.325. The number of anilines is 1. The predicted octanol–water partition coefficient (Wildman–Crippen LogP) is 5.06. The first-order valence-corrected chi connectivity index (χ1v) is 9.78. The van der Waals surface area contributed by atoms with Gasteiger partial charge in [-0.1, -0.05) is 23.9 Å². The zero-order valence-corrected chi connectivity index (χ0v) is 16.8. The van der Waals surface area contributed by atoms with E-state index < -0.39 is 10.9 Å². The smallest absolute Gasteiger partial charge is 0.338 e. The van der Waals surface area contributed by atoms with Crippen LogP contribution < -0.4 is 5.32 Å². The monoisotopic (exact) mass is 422 g/mol. The zero-order chi connectivity index (χ0) is 21.5. The van der Waals surface area contributed by atoms with Crippen LogP contribution in [0.15, 0.2) is 82.6 Å². The molecule has 0 fully saturated rings. The number of esters is 1. The lowest BCUT2D eigenvalue weighted by Crippen LogP contribution is -2.07. The Bertz CT molecular complexity index is 1050. The second-order valence-electron chi connectivity index (χ2n) is 6.33. The van der Waals surface area contributed by atoms with Gasteiger partial charge in [-0.15, -0.1) is 0 Å². The molecule has 0 heterocycles. The number of ether oxygens (including phenoxy) is 1. The topological polar surface area (TPSA) is 98.5 Å². The van der Waals surface area contributed by atoms with Crippen LogP contribution in [0.25, 0.3) is 0 Å². The summed E-state index contributed by atoms with van der Waals surface area (Å²) in [6.45, 7) is 1.55. The van der Waals surface area contributed by atoms with Crippen molar-refractivity contribution in [2.24, 2.45) is 0 Å². The van der Waals surface area contributed by atoms with E-state index in [0.29, 0.717) is 11.3 Å². The number of nitrogens with zero attached hydrogens (tertiary/aromatic N) is 1. The number of amides is 1. The first-order chi connectivity index (χ1) is 14.4. The van der Waals surface area contributed by atoms with E-state index in [9.17, 15) is 19.7 Å². The van der Waals surface area contributed by atoms with Gasteiger partial charge in [0.05, 0.1) is 10.5 Å². The van der Waals surface area contributed by atoms with Crippen LogP contribution in [0, 0.1) is 10.1 Å². The van der Waals surface area contributed by atoms with E-state index in [-0.39, 0.29) is 18.2 Å². The van der Waals surface area contributed by atoms with E-state index >= 15 is 0 Å². The van der Waals surface area contributed by atoms with Crippen molar-refractivity contribution in [2.45, 2.75) is 23.3 Å². The van der Waals surface area contributed by atoms with Crippen LogP contribution in [0.5, 0.6) is 0 Å². The molecule has 0 aliphatic rings. The van der Waals surface area contributed by atoms with Crippen molar-refractivity contribution in [3.05, 3.63) is 94.0 Å². The van der Waals surface area contributed by atoms with Crippen molar-refractivity contribution >= 4 is 35.0 Å². The van der Waals surface area contributed by atoms with Crippen LogP contribution in [-0.4, -0.2) is 16.8 Å². The summed E-state index contributed by atoms with van der Waals surface area (Å²) in [5.74, 6) is -0.630. The molecule has 3 aromatic carbocycles. The number of hydrogen-bond acceptors (Lipinski definition) is 6. The molecule has 152 valence electrons. The Morgan fingerprint density at radius 2 is 1.50 bits per heavy atom. The lowest BCUT2D eigenvalue weighted by Gasteiger charge is -2.07. The van der Waals surface area contributed by atoms with Crippen LogP contribution >= 0.6 is 11.8 Å². The van der Waals surface area contributed by atoms with E-state index in [0.717, 1.165) is 15.4 Å². The highest BCUT2D eigenvalue weighted by molar-refractivity contribution is 7.99. The lowest BCUT2D eigenvalue weighted by molar-refractivity contribution is -0.384. The number of nitrogens with one attached hydrogen (secondary N) is 1. The van der Waals surface area contributed by atoms with Gasteiger partial charge in [-0.05, 0) is 54.1 Å². The fourth-order valence-electron chi connectivity index (χ4n) is 2.55. The Balaban J connectivity index is 1.53.